The third kappa shape index (κ3) is 3.28. The van der Waals surface area contributed by atoms with E-state index in [1.807, 2.05) is 18.2 Å². The van der Waals surface area contributed by atoms with Gasteiger partial charge in [0.2, 0.25) is 0 Å². The van der Waals surface area contributed by atoms with Gasteiger partial charge in [-0.2, -0.15) is 0 Å². The average Bonchev–Trinajstić information content (AvgIpc) is 2.70. The lowest BCUT2D eigenvalue weighted by molar-refractivity contribution is -0.122. The van der Waals surface area contributed by atoms with E-state index in [4.69, 9.17) is 0 Å². The number of para-hydroxylation sites is 1. The molecule has 1 fully saturated rings. The molecule has 2 aromatic carbocycles. The number of rotatable bonds is 2. The van der Waals surface area contributed by atoms with Crippen LogP contribution in [-0.4, -0.2) is 30.4 Å². The Morgan fingerprint density at radius 2 is 1.77 bits per heavy atom. The van der Waals surface area contributed by atoms with Gasteiger partial charge in [0.1, 0.15) is 5.57 Å². The molecule has 4 rings (SSSR count). The molecule has 6 heteroatoms. The molecule has 1 N–H and O–H groups in total. The smallest absolute Gasteiger partial charge is 0.335 e. The molecule has 0 aromatic heterocycles. The van der Waals surface area contributed by atoms with E-state index in [1.165, 1.54) is 5.56 Å². The fourth-order valence-electron chi connectivity index (χ4n) is 4.32. The normalized spacial score (nSPS) is 22.2. The van der Waals surface area contributed by atoms with E-state index in [0.717, 1.165) is 22.6 Å². The molecule has 6 nitrogen and oxygen atoms in total. The maximum atomic E-state index is 13.0. The van der Waals surface area contributed by atoms with E-state index < -0.39 is 17.8 Å². The van der Waals surface area contributed by atoms with Crippen molar-refractivity contribution in [2.75, 3.05) is 16.8 Å². The van der Waals surface area contributed by atoms with Crippen molar-refractivity contribution in [3.63, 3.8) is 0 Å². The molecule has 0 unspecified atom stereocenters. The Morgan fingerprint density at radius 3 is 2.47 bits per heavy atom. The Bertz CT molecular complexity index is 1070. The summed E-state index contributed by atoms with van der Waals surface area (Å²) in [5, 5.41) is 2.27. The van der Waals surface area contributed by atoms with Crippen molar-refractivity contribution < 1.29 is 14.4 Å². The van der Waals surface area contributed by atoms with Crippen molar-refractivity contribution in [2.45, 2.75) is 38.6 Å². The van der Waals surface area contributed by atoms with Crippen molar-refractivity contribution >= 4 is 35.3 Å². The number of nitrogens with one attached hydrogen (secondary N) is 1. The summed E-state index contributed by atoms with van der Waals surface area (Å²) in [6, 6.07) is 13.8. The molecule has 2 aliphatic heterocycles. The molecule has 2 aliphatic rings. The van der Waals surface area contributed by atoms with Gasteiger partial charge in [0, 0.05) is 18.3 Å². The van der Waals surface area contributed by atoms with Crippen molar-refractivity contribution in [1.82, 2.24) is 5.32 Å². The van der Waals surface area contributed by atoms with Gasteiger partial charge in [0.05, 0.1) is 5.69 Å². The van der Waals surface area contributed by atoms with Gasteiger partial charge in [-0.1, -0.05) is 31.2 Å². The van der Waals surface area contributed by atoms with E-state index in [1.54, 1.807) is 36.4 Å². The number of hydrogen-bond donors (Lipinski definition) is 1. The third-order valence-electron chi connectivity index (χ3n) is 6.08. The SMILES string of the molecule is C[C@H]1CC(C)(C)N(C)c2ccc(/C=C3\C(=O)NC(=O)N(c4ccccc4)C3=O)cc21. The van der Waals surface area contributed by atoms with Gasteiger partial charge in [0.25, 0.3) is 11.8 Å². The molecule has 154 valence electrons. The highest BCUT2D eigenvalue weighted by Gasteiger charge is 2.37. The molecule has 1 saturated heterocycles. The van der Waals surface area contributed by atoms with Crippen LogP contribution in [0, 0.1) is 0 Å². The lowest BCUT2D eigenvalue weighted by Crippen LogP contribution is -2.54. The standard InChI is InChI=1S/C24H25N3O3/c1-15-14-24(2,3)26(4)20-11-10-16(12-18(15)20)13-19-21(28)25-23(30)27(22(19)29)17-8-6-5-7-9-17/h5-13,15H,14H2,1-4H3,(H,25,28,30)/b19-13+/t15-/m0/s1. The first-order valence-electron chi connectivity index (χ1n) is 10.0. The van der Waals surface area contributed by atoms with Crippen molar-refractivity contribution in [1.29, 1.82) is 0 Å². The first kappa shape index (κ1) is 19.9. The maximum Gasteiger partial charge on any atom is 0.335 e. The Balaban J connectivity index is 1.72. The van der Waals surface area contributed by atoms with E-state index in [2.05, 4.69) is 38.0 Å². The highest BCUT2D eigenvalue weighted by Crippen LogP contribution is 2.42. The molecule has 0 bridgehead atoms. The number of benzene rings is 2. The minimum Gasteiger partial charge on any atom is -0.369 e. The van der Waals surface area contributed by atoms with Crippen LogP contribution in [0.3, 0.4) is 0 Å². The highest BCUT2D eigenvalue weighted by molar-refractivity contribution is 6.39. The number of fused-ring (bicyclic) bond motifs is 1. The topological polar surface area (TPSA) is 69.7 Å². The summed E-state index contributed by atoms with van der Waals surface area (Å²) in [5.41, 5.74) is 3.51. The van der Waals surface area contributed by atoms with Crippen LogP contribution < -0.4 is 15.1 Å². The van der Waals surface area contributed by atoms with Gasteiger partial charge in [-0.15, -0.1) is 0 Å². The lowest BCUT2D eigenvalue weighted by atomic mass is 9.80. The molecule has 2 heterocycles. The van der Waals surface area contributed by atoms with Gasteiger partial charge in [0.15, 0.2) is 0 Å². The number of barbiturate groups is 1. The summed E-state index contributed by atoms with van der Waals surface area (Å²) in [6.07, 6.45) is 2.57. The zero-order valence-electron chi connectivity index (χ0n) is 17.6. The van der Waals surface area contributed by atoms with Gasteiger partial charge in [-0.05, 0) is 67.7 Å². The number of urea groups is 1. The maximum absolute atomic E-state index is 13.0. The van der Waals surface area contributed by atoms with Crippen LogP contribution in [-0.2, 0) is 9.59 Å². The minimum atomic E-state index is -0.740. The molecular formula is C24H25N3O3. The fourth-order valence-corrected chi connectivity index (χ4v) is 4.32. The molecule has 4 amide bonds. The van der Waals surface area contributed by atoms with Crippen molar-refractivity contribution in [2.24, 2.45) is 0 Å². The minimum absolute atomic E-state index is 0.0577. The predicted molar refractivity (Wildman–Crippen MR) is 117 cm³/mol. The first-order chi connectivity index (χ1) is 14.2. The van der Waals surface area contributed by atoms with E-state index in [-0.39, 0.29) is 11.1 Å². The summed E-state index contributed by atoms with van der Waals surface area (Å²) in [5.74, 6) is -0.956. The van der Waals surface area contributed by atoms with Gasteiger partial charge >= 0.3 is 6.03 Å². The number of imide groups is 2. The summed E-state index contributed by atoms with van der Waals surface area (Å²) in [7, 11) is 2.09. The van der Waals surface area contributed by atoms with Crippen molar-refractivity contribution in [3.8, 4) is 0 Å². The number of carbonyl (C=O) groups excluding carboxylic acids is 3. The number of anilines is 2. The molecule has 0 spiro atoms. The fraction of sp³-hybridized carbons (Fsp3) is 0.292. The van der Waals surface area contributed by atoms with Crippen LogP contribution in [0.5, 0.6) is 0 Å². The Morgan fingerprint density at radius 1 is 1.07 bits per heavy atom. The Labute approximate surface area is 176 Å². The van der Waals surface area contributed by atoms with Crippen LogP contribution in [0.4, 0.5) is 16.2 Å². The number of carbonyl (C=O) groups is 3. The zero-order valence-corrected chi connectivity index (χ0v) is 17.6. The second-order valence-electron chi connectivity index (χ2n) is 8.59. The van der Waals surface area contributed by atoms with Gasteiger partial charge in [-0.3, -0.25) is 14.9 Å². The number of nitrogens with zero attached hydrogens (tertiary/aromatic N) is 2. The van der Waals surface area contributed by atoms with Gasteiger partial charge < -0.3 is 4.90 Å². The molecular weight excluding hydrogens is 378 g/mol. The van der Waals surface area contributed by atoms with E-state index in [0.29, 0.717) is 11.6 Å². The second-order valence-corrected chi connectivity index (χ2v) is 8.59. The molecule has 30 heavy (non-hydrogen) atoms. The quantitative estimate of drug-likeness (QED) is 0.606. The van der Waals surface area contributed by atoms with Crippen molar-refractivity contribution in [3.05, 3.63) is 65.2 Å². The Kier molecular flexibility index (Phi) is 4.73. The lowest BCUT2D eigenvalue weighted by Gasteiger charge is -2.45. The Hall–Kier alpha value is -3.41. The predicted octanol–water partition coefficient (Wildman–Crippen LogP) is 4.08. The van der Waals surface area contributed by atoms with Gasteiger partial charge in [-0.25, -0.2) is 9.69 Å². The van der Waals surface area contributed by atoms with E-state index in [9.17, 15) is 14.4 Å². The summed E-state index contributed by atoms with van der Waals surface area (Å²) < 4.78 is 0. The molecule has 2 aromatic rings. The van der Waals surface area contributed by atoms with Crippen LogP contribution in [0.2, 0.25) is 0 Å². The second kappa shape index (κ2) is 7.13. The first-order valence-corrected chi connectivity index (χ1v) is 10.0. The molecule has 0 saturated carbocycles. The summed E-state index contributed by atoms with van der Waals surface area (Å²) in [4.78, 5) is 41.0. The zero-order chi connectivity index (χ0) is 21.6. The van der Waals surface area contributed by atoms with Crippen LogP contribution in [0.25, 0.3) is 6.08 Å². The molecule has 1 atom stereocenters. The number of hydrogen-bond acceptors (Lipinski definition) is 4. The summed E-state index contributed by atoms with van der Waals surface area (Å²) >= 11 is 0. The number of amides is 4. The largest absolute Gasteiger partial charge is 0.369 e. The molecule has 0 radical (unpaired) electrons. The van der Waals surface area contributed by atoms with E-state index >= 15 is 0 Å². The summed E-state index contributed by atoms with van der Waals surface area (Å²) in [6.45, 7) is 6.64. The molecule has 0 aliphatic carbocycles. The third-order valence-corrected chi connectivity index (χ3v) is 6.08. The van der Waals surface area contributed by atoms with Crippen LogP contribution in [0.1, 0.15) is 44.2 Å². The van der Waals surface area contributed by atoms with Crippen LogP contribution in [0.15, 0.2) is 54.1 Å². The average molecular weight is 403 g/mol. The highest BCUT2D eigenvalue weighted by atomic mass is 16.2. The monoisotopic (exact) mass is 403 g/mol. The van der Waals surface area contributed by atoms with Crippen LogP contribution >= 0.6 is 0 Å².